The number of nitrogen functional groups attached to an aromatic ring is 1. The predicted molar refractivity (Wildman–Crippen MR) is 66.7 cm³/mol. The van der Waals surface area contributed by atoms with Crippen LogP contribution in [0.4, 0.5) is 5.69 Å². The summed E-state index contributed by atoms with van der Waals surface area (Å²) in [5.41, 5.74) is 4.38. The van der Waals surface area contributed by atoms with Crippen LogP contribution in [0.3, 0.4) is 0 Å². The summed E-state index contributed by atoms with van der Waals surface area (Å²) < 4.78 is 0. The van der Waals surface area contributed by atoms with Crippen molar-refractivity contribution in [3.63, 3.8) is 0 Å². The Morgan fingerprint density at radius 3 is 3.00 bits per heavy atom. The molecule has 0 atom stereocenters. The highest BCUT2D eigenvalue weighted by Crippen LogP contribution is 2.11. The number of hydrogen-bond donors (Lipinski definition) is 4. The minimum atomic E-state index is -0.190. The van der Waals surface area contributed by atoms with Crippen LogP contribution in [0.15, 0.2) is 31.0 Å². The molecule has 0 aromatic carbocycles. The zero-order valence-electron chi connectivity index (χ0n) is 9.68. The number of aromatic amines is 1. The molecule has 5 N–H and O–H groups in total. The van der Waals surface area contributed by atoms with E-state index in [4.69, 9.17) is 5.84 Å². The topological polar surface area (TPSA) is 109 Å². The van der Waals surface area contributed by atoms with Crippen molar-refractivity contribution in [3.05, 3.63) is 42.2 Å². The third-order valence-electron chi connectivity index (χ3n) is 2.46. The lowest BCUT2D eigenvalue weighted by molar-refractivity contribution is 0.0954. The molecule has 0 aliphatic heterocycles. The van der Waals surface area contributed by atoms with Gasteiger partial charge in [0.2, 0.25) is 0 Å². The van der Waals surface area contributed by atoms with Crippen LogP contribution >= 0.6 is 0 Å². The number of nitrogens with one attached hydrogen (secondary N) is 3. The Kier molecular flexibility index (Phi) is 3.87. The van der Waals surface area contributed by atoms with Gasteiger partial charge in [-0.3, -0.25) is 15.6 Å². The maximum atomic E-state index is 11.9. The summed E-state index contributed by atoms with van der Waals surface area (Å²) in [5, 5.41) is 2.80. The van der Waals surface area contributed by atoms with E-state index < -0.39 is 0 Å². The number of anilines is 1. The van der Waals surface area contributed by atoms with Crippen molar-refractivity contribution in [1.29, 1.82) is 0 Å². The minimum Gasteiger partial charge on any atom is -0.352 e. The lowest BCUT2D eigenvalue weighted by Gasteiger charge is -2.08. The Labute approximate surface area is 104 Å². The highest BCUT2D eigenvalue weighted by Gasteiger charge is 2.09. The Morgan fingerprint density at radius 1 is 1.39 bits per heavy atom. The molecule has 0 aliphatic carbocycles. The molecule has 0 radical (unpaired) electrons. The summed E-state index contributed by atoms with van der Waals surface area (Å²) >= 11 is 0. The third kappa shape index (κ3) is 2.83. The standard InChI is InChI=1S/C11H14N6O/c12-17-10-6-13-3-2-9(10)11(18)15-4-1-8-5-14-7-16-8/h2-3,5-7,17H,1,4,12H2,(H,14,16)(H,15,18). The number of hydrogen-bond acceptors (Lipinski definition) is 5. The summed E-state index contributed by atoms with van der Waals surface area (Å²) in [6.45, 7) is 0.521. The highest BCUT2D eigenvalue weighted by atomic mass is 16.1. The fraction of sp³-hybridized carbons (Fsp3) is 0.182. The molecule has 7 nitrogen and oxygen atoms in total. The van der Waals surface area contributed by atoms with Crippen molar-refractivity contribution in [1.82, 2.24) is 20.3 Å². The Balaban J connectivity index is 1.91. The SMILES string of the molecule is NNc1cnccc1C(=O)NCCc1cnc[nH]1. The van der Waals surface area contributed by atoms with Gasteiger partial charge in [0.25, 0.3) is 5.91 Å². The van der Waals surface area contributed by atoms with E-state index in [2.05, 4.69) is 25.7 Å². The molecule has 2 heterocycles. The first-order valence-corrected chi connectivity index (χ1v) is 5.47. The second kappa shape index (κ2) is 5.78. The van der Waals surface area contributed by atoms with E-state index in [1.54, 1.807) is 24.8 Å². The molecule has 18 heavy (non-hydrogen) atoms. The Bertz CT molecular complexity index is 510. The number of rotatable bonds is 5. The molecule has 0 saturated carbocycles. The number of H-pyrrole nitrogens is 1. The second-order valence-corrected chi connectivity index (χ2v) is 3.65. The van der Waals surface area contributed by atoms with Crippen molar-refractivity contribution in [2.24, 2.45) is 5.84 Å². The van der Waals surface area contributed by atoms with Crippen molar-refractivity contribution in [3.8, 4) is 0 Å². The van der Waals surface area contributed by atoms with Gasteiger partial charge in [0.05, 0.1) is 23.8 Å². The van der Waals surface area contributed by atoms with Gasteiger partial charge in [-0.25, -0.2) is 4.98 Å². The molecular weight excluding hydrogens is 232 g/mol. The molecule has 2 aromatic rings. The second-order valence-electron chi connectivity index (χ2n) is 3.65. The summed E-state index contributed by atoms with van der Waals surface area (Å²) in [4.78, 5) is 22.6. The van der Waals surface area contributed by atoms with E-state index in [0.717, 1.165) is 5.69 Å². The Hall–Kier alpha value is -2.41. The van der Waals surface area contributed by atoms with Crippen molar-refractivity contribution in [2.45, 2.75) is 6.42 Å². The van der Waals surface area contributed by atoms with Crippen molar-refractivity contribution in [2.75, 3.05) is 12.0 Å². The normalized spacial score (nSPS) is 10.1. The molecule has 0 bridgehead atoms. The molecule has 0 unspecified atom stereocenters. The number of nitrogens with zero attached hydrogens (tertiary/aromatic N) is 2. The molecule has 0 saturated heterocycles. The molecule has 0 fully saturated rings. The third-order valence-corrected chi connectivity index (χ3v) is 2.46. The van der Waals surface area contributed by atoms with Crippen molar-refractivity contribution < 1.29 is 4.79 Å². The minimum absolute atomic E-state index is 0.190. The summed E-state index contributed by atoms with van der Waals surface area (Å²) in [6.07, 6.45) is 7.08. The van der Waals surface area contributed by atoms with Gasteiger partial charge in [-0.15, -0.1) is 0 Å². The van der Waals surface area contributed by atoms with Gasteiger partial charge in [-0.1, -0.05) is 0 Å². The van der Waals surface area contributed by atoms with Crippen LogP contribution in [0.25, 0.3) is 0 Å². The van der Waals surface area contributed by atoms with Crippen LogP contribution in [-0.4, -0.2) is 27.4 Å². The molecular formula is C11H14N6O. The molecule has 1 amide bonds. The summed E-state index contributed by atoms with van der Waals surface area (Å²) in [7, 11) is 0. The van der Waals surface area contributed by atoms with E-state index in [0.29, 0.717) is 24.2 Å². The first-order valence-electron chi connectivity index (χ1n) is 5.47. The number of pyridine rings is 1. The van der Waals surface area contributed by atoms with Crippen LogP contribution in [0.2, 0.25) is 0 Å². The van der Waals surface area contributed by atoms with E-state index in [1.807, 2.05) is 0 Å². The van der Waals surface area contributed by atoms with Crippen LogP contribution in [0.5, 0.6) is 0 Å². The molecule has 2 rings (SSSR count). The van der Waals surface area contributed by atoms with Crippen LogP contribution in [0, 0.1) is 0 Å². The molecule has 0 spiro atoms. The number of carbonyl (C=O) groups excluding carboxylic acids is 1. The molecule has 94 valence electrons. The quantitative estimate of drug-likeness (QED) is 0.441. The fourth-order valence-corrected chi connectivity index (χ4v) is 1.53. The maximum Gasteiger partial charge on any atom is 0.253 e. The number of aromatic nitrogens is 3. The van der Waals surface area contributed by atoms with E-state index in [9.17, 15) is 4.79 Å². The largest absolute Gasteiger partial charge is 0.352 e. The first-order chi connectivity index (χ1) is 8.81. The summed E-state index contributed by atoms with van der Waals surface area (Å²) in [6, 6.07) is 1.61. The fourth-order valence-electron chi connectivity index (χ4n) is 1.53. The number of amides is 1. The van der Waals surface area contributed by atoms with Gasteiger partial charge in [-0.05, 0) is 6.07 Å². The number of nitrogens with two attached hydrogens (primary N) is 1. The number of hydrazine groups is 1. The average Bonchev–Trinajstić information content (AvgIpc) is 2.91. The lowest BCUT2D eigenvalue weighted by atomic mass is 10.2. The van der Waals surface area contributed by atoms with Crippen LogP contribution in [-0.2, 0) is 6.42 Å². The maximum absolute atomic E-state index is 11.9. The highest BCUT2D eigenvalue weighted by molar-refractivity contribution is 5.99. The van der Waals surface area contributed by atoms with Crippen LogP contribution in [0.1, 0.15) is 16.1 Å². The average molecular weight is 246 g/mol. The van der Waals surface area contributed by atoms with Crippen molar-refractivity contribution >= 4 is 11.6 Å². The van der Waals surface area contributed by atoms with E-state index in [-0.39, 0.29) is 5.91 Å². The van der Waals surface area contributed by atoms with Gasteiger partial charge >= 0.3 is 0 Å². The first kappa shape index (κ1) is 12.1. The summed E-state index contributed by atoms with van der Waals surface area (Å²) in [5.74, 6) is 5.12. The van der Waals surface area contributed by atoms with Gasteiger partial charge in [0, 0.05) is 31.1 Å². The predicted octanol–water partition coefficient (Wildman–Crippen LogP) is 0.0628. The smallest absolute Gasteiger partial charge is 0.253 e. The molecule has 7 heteroatoms. The van der Waals surface area contributed by atoms with E-state index >= 15 is 0 Å². The Morgan fingerprint density at radius 2 is 2.28 bits per heavy atom. The van der Waals surface area contributed by atoms with Gasteiger partial charge < -0.3 is 15.7 Å². The number of imidazole rings is 1. The molecule has 0 aliphatic rings. The zero-order chi connectivity index (χ0) is 12.8. The monoisotopic (exact) mass is 246 g/mol. The lowest BCUT2D eigenvalue weighted by Crippen LogP contribution is -2.27. The van der Waals surface area contributed by atoms with Gasteiger partial charge in [0.15, 0.2) is 0 Å². The number of carbonyl (C=O) groups is 1. The molecule has 2 aromatic heterocycles. The van der Waals surface area contributed by atoms with Crippen LogP contribution < -0.4 is 16.6 Å². The van der Waals surface area contributed by atoms with E-state index in [1.165, 1.54) is 6.20 Å². The zero-order valence-corrected chi connectivity index (χ0v) is 9.68. The van der Waals surface area contributed by atoms with Gasteiger partial charge in [0.1, 0.15) is 0 Å². The van der Waals surface area contributed by atoms with Gasteiger partial charge in [-0.2, -0.15) is 0 Å².